The Hall–Kier alpha value is -2.96. The first-order chi connectivity index (χ1) is 16.6. The minimum absolute atomic E-state index is 0.0572. The summed E-state index contributed by atoms with van der Waals surface area (Å²) in [5, 5.41) is 12.1. The molecule has 1 aliphatic rings. The third-order valence-electron chi connectivity index (χ3n) is 5.76. The van der Waals surface area contributed by atoms with Gasteiger partial charge in [-0.15, -0.1) is 0 Å². The molecule has 0 unspecified atom stereocenters. The first kappa shape index (κ1) is 26.6. The van der Waals surface area contributed by atoms with E-state index in [1.807, 2.05) is 14.1 Å². The fraction of sp³-hybridized carbons (Fsp3) is 0.522. The lowest BCUT2D eigenvalue weighted by Crippen LogP contribution is -2.51. The van der Waals surface area contributed by atoms with Gasteiger partial charge in [-0.2, -0.15) is 4.31 Å². The Morgan fingerprint density at radius 1 is 1.29 bits per heavy atom. The van der Waals surface area contributed by atoms with Crippen LogP contribution in [0.5, 0.6) is 5.75 Å². The van der Waals surface area contributed by atoms with Crippen molar-refractivity contribution >= 4 is 21.9 Å². The molecule has 1 saturated heterocycles. The number of imidazole rings is 1. The largest absolute Gasteiger partial charge is 0.494 e. The zero-order valence-electron chi connectivity index (χ0n) is 20.3. The molecule has 11 nitrogen and oxygen atoms in total. The van der Waals surface area contributed by atoms with Gasteiger partial charge in [0.15, 0.2) is 5.03 Å². The van der Waals surface area contributed by atoms with Crippen molar-refractivity contribution in [2.45, 2.75) is 42.8 Å². The Labute approximate surface area is 205 Å². The van der Waals surface area contributed by atoms with Gasteiger partial charge in [-0.3, -0.25) is 4.79 Å². The van der Waals surface area contributed by atoms with Crippen molar-refractivity contribution in [1.82, 2.24) is 24.1 Å². The van der Waals surface area contributed by atoms with E-state index in [0.717, 1.165) is 17.3 Å². The van der Waals surface area contributed by atoms with Gasteiger partial charge in [0.1, 0.15) is 17.8 Å². The second-order valence-electron chi connectivity index (χ2n) is 8.90. The Balaban J connectivity index is 1.61. The number of sulfonamides is 1. The van der Waals surface area contributed by atoms with Crippen LogP contribution in [0.3, 0.4) is 0 Å². The average Bonchev–Trinajstić information content (AvgIpc) is 3.47. The van der Waals surface area contributed by atoms with Crippen LogP contribution in [-0.2, 0) is 33.1 Å². The highest BCUT2D eigenvalue weighted by Crippen LogP contribution is 2.25. The Morgan fingerprint density at radius 2 is 2.00 bits per heavy atom. The minimum atomic E-state index is -3.97. The average molecular weight is 508 g/mol. The molecule has 0 saturated carbocycles. The maximum Gasteiger partial charge on any atom is 0.326 e. The molecule has 1 fully saturated rings. The number of aromatic nitrogens is 2. The number of hydrogen-bond donors (Lipinski definition) is 2. The van der Waals surface area contributed by atoms with E-state index in [-0.39, 0.29) is 18.0 Å². The van der Waals surface area contributed by atoms with Crippen molar-refractivity contribution in [2.75, 3.05) is 33.8 Å². The number of aliphatic carboxylic acids is 1. The van der Waals surface area contributed by atoms with E-state index in [0.29, 0.717) is 30.8 Å². The number of benzene rings is 1. The summed E-state index contributed by atoms with van der Waals surface area (Å²) in [5.41, 5.74) is 0.711. The summed E-state index contributed by atoms with van der Waals surface area (Å²) < 4.78 is 34.3. The molecule has 2 atom stereocenters. The van der Waals surface area contributed by atoms with Crippen LogP contribution in [0, 0.1) is 0 Å². The molecule has 2 N–H and O–H groups in total. The third-order valence-corrected chi connectivity index (χ3v) is 7.55. The number of rotatable bonds is 12. The van der Waals surface area contributed by atoms with Crippen LogP contribution in [-0.4, -0.2) is 90.0 Å². The van der Waals surface area contributed by atoms with Crippen LogP contribution in [0.25, 0.3) is 0 Å². The predicted molar refractivity (Wildman–Crippen MR) is 129 cm³/mol. The van der Waals surface area contributed by atoms with Crippen molar-refractivity contribution < 1.29 is 27.9 Å². The molecule has 3 rings (SSSR count). The normalized spacial score (nSPS) is 17.4. The van der Waals surface area contributed by atoms with Gasteiger partial charge in [0.25, 0.3) is 10.0 Å². The maximum absolute atomic E-state index is 13.0. The van der Waals surface area contributed by atoms with Gasteiger partial charge in [-0.05, 0) is 51.1 Å². The van der Waals surface area contributed by atoms with Crippen LogP contribution in [0.4, 0.5) is 0 Å². The molecule has 0 spiro atoms. The predicted octanol–water partition coefficient (Wildman–Crippen LogP) is 0.716. The molecule has 2 heterocycles. The summed E-state index contributed by atoms with van der Waals surface area (Å²) in [4.78, 5) is 30.8. The first-order valence-electron chi connectivity index (χ1n) is 11.5. The van der Waals surface area contributed by atoms with Crippen molar-refractivity contribution in [3.05, 3.63) is 42.4 Å². The van der Waals surface area contributed by atoms with E-state index in [2.05, 4.69) is 15.2 Å². The zero-order chi connectivity index (χ0) is 25.6. The van der Waals surface area contributed by atoms with E-state index in [1.54, 1.807) is 31.3 Å². The van der Waals surface area contributed by atoms with Crippen molar-refractivity contribution in [2.24, 2.45) is 7.05 Å². The van der Waals surface area contributed by atoms with E-state index < -0.39 is 34.0 Å². The number of carbonyl (C=O) groups excluding carboxylic acids is 1. The number of hydrogen-bond acceptors (Lipinski definition) is 7. The summed E-state index contributed by atoms with van der Waals surface area (Å²) in [6.45, 7) is 1.66. The third kappa shape index (κ3) is 7.03. The highest BCUT2D eigenvalue weighted by Gasteiger charge is 2.41. The van der Waals surface area contributed by atoms with Gasteiger partial charge in [0.2, 0.25) is 5.91 Å². The number of nitrogens with one attached hydrogen (secondary N) is 1. The standard InChI is InChI=1S/C23H33N5O6S/c1-26(2)11-5-13-34-18-9-7-17(8-10-18)14-19(23(30)31)25-22(29)20-6-4-12-28(20)35(32,33)21-15-27(3)16-24-21/h7-10,15-16,19-20H,4-6,11-14H2,1-3H3,(H,25,29)(H,30,31)/t19-,20-/m0/s1. The second-order valence-corrected chi connectivity index (χ2v) is 10.7. The molecule has 12 heteroatoms. The molecule has 0 aliphatic carbocycles. The van der Waals surface area contributed by atoms with Crippen LogP contribution in [0.2, 0.25) is 0 Å². The number of aryl methyl sites for hydroxylation is 1. The number of amides is 1. The molecule has 0 radical (unpaired) electrons. The molecular formula is C23H33N5O6S. The van der Waals surface area contributed by atoms with Crippen LogP contribution in [0.15, 0.2) is 41.8 Å². The molecule has 192 valence electrons. The number of ether oxygens (including phenoxy) is 1. The number of carboxylic acids is 1. The van der Waals surface area contributed by atoms with E-state index in [9.17, 15) is 23.1 Å². The Kier molecular flexibility index (Phi) is 8.87. The van der Waals surface area contributed by atoms with E-state index in [4.69, 9.17) is 4.74 Å². The van der Waals surface area contributed by atoms with E-state index >= 15 is 0 Å². The highest BCUT2D eigenvalue weighted by atomic mass is 32.2. The monoisotopic (exact) mass is 507 g/mol. The fourth-order valence-electron chi connectivity index (χ4n) is 3.93. The van der Waals surface area contributed by atoms with Crippen LogP contribution in [0.1, 0.15) is 24.8 Å². The Morgan fingerprint density at radius 3 is 2.60 bits per heavy atom. The summed E-state index contributed by atoms with van der Waals surface area (Å²) in [5.74, 6) is -1.14. The van der Waals surface area contributed by atoms with Crippen LogP contribution < -0.4 is 10.1 Å². The summed E-state index contributed by atoms with van der Waals surface area (Å²) in [7, 11) is 1.68. The lowest BCUT2D eigenvalue weighted by Gasteiger charge is -2.24. The second kappa shape index (κ2) is 11.6. The number of carboxylic acid groups (broad SMARTS) is 1. The van der Waals surface area contributed by atoms with E-state index in [1.165, 1.54) is 17.1 Å². The van der Waals surface area contributed by atoms with Gasteiger partial charge < -0.3 is 24.6 Å². The fourth-order valence-corrected chi connectivity index (χ4v) is 5.55. The maximum atomic E-state index is 13.0. The molecule has 1 aromatic heterocycles. The number of nitrogens with zero attached hydrogens (tertiary/aromatic N) is 4. The van der Waals surface area contributed by atoms with Gasteiger partial charge >= 0.3 is 5.97 Å². The van der Waals surface area contributed by atoms with Crippen molar-refractivity contribution in [3.8, 4) is 5.75 Å². The van der Waals surface area contributed by atoms with Crippen molar-refractivity contribution in [1.29, 1.82) is 0 Å². The number of carbonyl (C=O) groups is 2. The molecule has 1 aliphatic heterocycles. The molecule has 1 aromatic carbocycles. The smallest absolute Gasteiger partial charge is 0.326 e. The SMILES string of the molecule is CN(C)CCCOc1ccc(C[C@H](NC(=O)[C@@H]2CCCN2S(=O)(=O)c2cn(C)cn2)C(=O)O)cc1. The summed E-state index contributed by atoms with van der Waals surface area (Å²) >= 11 is 0. The molecular weight excluding hydrogens is 474 g/mol. The topological polar surface area (TPSA) is 134 Å². The summed E-state index contributed by atoms with van der Waals surface area (Å²) in [6, 6.07) is 4.87. The highest BCUT2D eigenvalue weighted by molar-refractivity contribution is 7.89. The molecule has 35 heavy (non-hydrogen) atoms. The van der Waals surface area contributed by atoms with Gasteiger partial charge in [-0.1, -0.05) is 12.1 Å². The lowest BCUT2D eigenvalue weighted by molar-refractivity contribution is -0.142. The molecule has 1 amide bonds. The quantitative estimate of drug-likeness (QED) is 0.401. The lowest BCUT2D eigenvalue weighted by atomic mass is 10.1. The van der Waals surface area contributed by atoms with Crippen molar-refractivity contribution in [3.63, 3.8) is 0 Å². The zero-order valence-corrected chi connectivity index (χ0v) is 21.1. The van der Waals surface area contributed by atoms with Gasteiger partial charge in [-0.25, -0.2) is 18.2 Å². The molecule has 0 bridgehead atoms. The molecule has 2 aromatic rings. The Bertz CT molecular complexity index is 1120. The minimum Gasteiger partial charge on any atom is -0.494 e. The van der Waals surface area contributed by atoms with Gasteiger partial charge in [0.05, 0.1) is 12.9 Å². The summed E-state index contributed by atoms with van der Waals surface area (Å²) in [6.07, 6.45) is 4.50. The van der Waals surface area contributed by atoms with Gasteiger partial charge in [0, 0.05) is 32.8 Å². The van der Waals surface area contributed by atoms with Crippen LogP contribution >= 0.6 is 0 Å². The first-order valence-corrected chi connectivity index (χ1v) is 12.9.